The van der Waals surface area contributed by atoms with Crippen LogP contribution in [0.4, 0.5) is 0 Å². The number of fused-ring (bicyclic) bond motifs is 1. The Bertz CT molecular complexity index is 474. The molecule has 1 atom stereocenters. The maximum atomic E-state index is 12.1. The second kappa shape index (κ2) is 5.33. The van der Waals surface area contributed by atoms with Gasteiger partial charge in [0.05, 0.1) is 0 Å². The summed E-state index contributed by atoms with van der Waals surface area (Å²) in [6, 6.07) is 6.58. The average Bonchev–Trinajstić information content (AvgIpc) is 2.51. The fourth-order valence-electron chi connectivity index (χ4n) is 2.88. The van der Waals surface area contributed by atoms with Gasteiger partial charge in [-0.05, 0) is 42.5 Å². The minimum Gasteiger partial charge on any atom is -0.352 e. The van der Waals surface area contributed by atoms with Gasteiger partial charge in [0.2, 0.25) is 0 Å². The first-order chi connectivity index (χ1) is 8.93. The Hall–Kier alpha value is -1.35. The molecule has 1 aromatic rings. The zero-order chi connectivity index (χ0) is 14.0. The van der Waals surface area contributed by atoms with E-state index in [-0.39, 0.29) is 17.4 Å². The molecule has 1 amide bonds. The van der Waals surface area contributed by atoms with Crippen molar-refractivity contribution in [3.05, 3.63) is 34.9 Å². The van der Waals surface area contributed by atoms with E-state index in [9.17, 15) is 4.79 Å². The highest BCUT2D eigenvalue weighted by Crippen LogP contribution is 2.33. The molecule has 1 aliphatic rings. The summed E-state index contributed by atoms with van der Waals surface area (Å²) in [4.78, 5) is 12.1. The lowest BCUT2D eigenvalue weighted by Gasteiger charge is -2.31. The van der Waals surface area contributed by atoms with Crippen LogP contribution in [0.2, 0.25) is 0 Å². The van der Waals surface area contributed by atoms with Crippen molar-refractivity contribution in [3.63, 3.8) is 0 Å². The van der Waals surface area contributed by atoms with Crippen LogP contribution in [0.25, 0.3) is 0 Å². The van der Waals surface area contributed by atoms with Gasteiger partial charge in [-0.15, -0.1) is 0 Å². The Morgan fingerprint density at radius 1 is 1.32 bits per heavy atom. The topological polar surface area (TPSA) is 41.1 Å². The fourth-order valence-corrected chi connectivity index (χ4v) is 2.88. The van der Waals surface area contributed by atoms with Crippen molar-refractivity contribution in [1.82, 2.24) is 10.6 Å². The molecule has 1 aromatic carbocycles. The van der Waals surface area contributed by atoms with Gasteiger partial charge >= 0.3 is 0 Å². The Morgan fingerprint density at radius 3 is 2.68 bits per heavy atom. The summed E-state index contributed by atoms with van der Waals surface area (Å²) >= 11 is 0. The van der Waals surface area contributed by atoms with E-state index in [2.05, 4.69) is 49.6 Å². The lowest BCUT2D eigenvalue weighted by molar-refractivity contribution is 0.0955. The van der Waals surface area contributed by atoms with E-state index in [1.807, 2.05) is 7.05 Å². The molecule has 19 heavy (non-hydrogen) atoms. The van der Waals surface area contributed by atoms with Crippen molar-refractivity contribution in [2.75, 3.05) is 13.6 Å². The lowest BCUT2D eigenvalue weighted by Crippen LogP contribution is -2.30. The van der Waals surface area contributed by atoms with Crippen molar-refractivity contribution in [2.45, 2.75) is 39.7 Å². The van der Waals surface area contributed by atoms with Gasteiger partial charge in [0.25, 0.3) is 5.91 Å². The van der Waals surface area contributed by atoms with Gasteiger partial charge in [-0.1, -0.05) is 32.9 Å². The Morgan fingerprint density at radius 2 is 2.05 bits per heavy atom. The van der Waals surface area contributed by atoms with Gasteiger partial charge in [0, 0.05) is 18.2 Å². The summed E-state index contributed by atoms with van der Waals surface area (Å²) in [5, 5.41) is 6.33. The van der Waals surface area contributed by atoms with Crippen molar-refractivity contribution in [1.29, 1.82) is 0 Å². The van der Waals surface area contributed by atoms with Crippen LogP contribution in [0.3, 0.4) is 0 Å². The third kappa shape index (κ3) is 2.98. The number of amides is 1. The van der Waals surface area contributed by atoms with Crippen molar-refractivity contribution >= 4 is 5.91 Å². The second-order valence-corrected chi connectivity index (χ2v) is 6.36. The molecule has 1 aliphatic heterocycles. The molecule has 2 rings (SSSR count). The minimum atomic E-state index is 0.0677. The molecule has 104 valence electrons. The summed E-state index contributed by atoms with van der Waals surface area (Å²) in [6.07, 6.45) is 2.00. The smallest absolute Gasteiger partial charge is 0.251 e. The van der Waals surface area contributed by atoms with Gasteiger partial charge in [-0.25, -0.2) is 0 Å². The molecule has 0 fully saturated rings. The maximum absolute atomic E-state index is 12.1. The number of carbonyl (C=O) groups is 1. The molecular formula is C16H24N2O. The van der Waals surface area contributed by atoms with Gasteiger partial charge in [-0.3, -0.25) is 4.79 Å². The van der Waals surface area contributed by atoms with E-state index < -0.39 is 0 Å². The number of rotatable bonds is 2. The second-order valence-electron chi connectivity index (χ2n) is 6.36. The van der Waals surface area contributed by atoms with Gasteiger partial charge in [0.15, 0.2) is 0 Å². The summed E-state index contributed by atoms with van der Waals surface area (Å²) in [5.41, 5.74) is 3.32. The third-order valence-corrected chi connectivity index (χ3v) is 3.78. The standard InChI is InChI=1S/C16H24N2O/c1-16(2,3)14(17-4)12-8-7-11-6-5-9-18-15(19)13(11)10-12/h7-8,10,14,17H,5-6,9H2,1-4H3,(H,18,19). The molecule has 3 nitrogen and oxygen atoms in total. The number of carbonyl (C=O) groups excluding carboxylic acids is 1. The van der Waals surface area contributed by atoms with Crippen LogP contribution in [-0.4, -0.2) is 19.5 Å². The zero-order valence-electron chi connectivity index (χ0n) is 12.3. The normalized spacial score (nSPS) is 17.4. The first kappa shape index (κ1) is 14.1. The summed E-state index contributed by atoms with van der Waals surface area (Å²) in [5.74, 6) is 0.0677. The minimum absolute atomic E-state index is 0.0677. The molecule has 0 bridgehead atoms. The Kier molecular flexibility index (Phi) is 3.95. The van der Waals surface area contributed by atoms with Crippen molar-refractivity contribution in [2.24, 2.45) is 5.41 Å². The molecule has 1 unspecified atom stereocenters. The fraction of sp³-hybridized carbons (Fsp3) is 0.562. The van der Waals surface area contributed by atoms with Gasteiger partial charge < -0.3 is 10.6 Å². The van der Waals surface area contributed by atoms with E-state index in [0.29, 0.717) is 0 Å². The van der Waals surface area contributed by atoms with E-state index in [4.69, 9.17) is 0 Å². The highest BCUT2D eigenvalue weighted by Gasteiger charge is 2.26. The van der Waals surface area contributed by atoms with Gasteiger partial charge in [0.1, 0.15) is 0 Å². The Balaban J connectivity index is 2.42. The van der Waals surface area contributed by atoms with Crippen LogP contribution in [-0.2, 0) is 6.42 Å². The highest BCUT2D eigenvalue weighted by atomic mass is 16.1. The predicted octanol–water partition coefficient (Wildman–Crippen LogP) is 2.67. The molecular weight excluding hydrogens is 236 g/mol. The van der Waals surface area contributed by atoms with Crippen LogP contribution >= 0.6 is 0 Å². The molecule has 0 spiro atoms. The largest absolute Gasteiger partial charge is 0.352 e. The van der Waals surface area contributed by atoms with Crippen molar-refractivity contribution < 1.29 is 4.79 Å². The number of benzene rings is 1. The van der Waals surface area contributed by atoms with Crippen LogP contribution in [0.5, 0.6) is 0 Å². The summed E-state index contributed by atoms with van der Waals surface area (Å²) in [7, 11) is 1.97. The SMILES string of the molecule is CNC(c1ccc2c(c1)C(=O)NCCC2)C(C)(C)C. The zero-order valence-corrected chi connectivity index (χ0v) is 12.3. The molecule has 0 aromatic heterocycles. The van der Waals surface area contributed by atoms with E-state index in [0.717, 1.165) is 24.9 Å². The summed E-state index contributed by atoms with van der Waals surface area (Å²) < 4.78 is 0. The summed E-state index contributed by atoms with van der Waals surface area (Å²) in [6.45, 7) is 7.40. The quantitative estimate of drug-likeness (QED) is 0.858. The van der Waals surface area contributed by atoms with Crippen LogP contribution < -0.4 is 10.6 Å². The molecule has 0 saturated heterocycles. The molecule has 2 N–H and O–H groups in total. The lowest BCUT2D eigenvalue weighted by atomic mass is 9.81. The maximum Gasteiger partial charge on any atom is 0.251 e. The van der Waals surface area contributed by atoms with E-state index in [1.54, 1.807) is 0 Å². The molecule has 0 saturated carbocycles. The number of hydrogen-bond acceptors (Lipinski definition) is 2. The van der Waals surface area contributed by atoms with Crippen LogP contribution in [0.15, 0.2) is 18.2 Å². The molecule has 3 heteroatoms. The van der Waals surface area contributed by atoms with Gasteiger partial charge in [-0.2, -0.15) is 0 Å². The first-order valence-corrected chi connectivity index (χ1v) is 7.02. The van der Waals surface area contributed by atoms with Crippen molar-refractivity contribution in [3.8, 4) is 0 Å². The predicted molar refractivity (Wildman–Crippen MR) is 78.4 cm³/mol. The molecule has 1 heterocycles. The molecule has 0 aliphatic carbocycles. The average molecular weight is 260 g/mol. The van der Waals surface area contributed by atoms with E-state index >= 15 is 0 Å². The number of nitrogens with one attached hydrogen (secondary N) is 2. The number of hydrogen-bond donors (Lipinski definition) is 2. The molecule has 0 radical (unpaired) electrons. The Labute approximate surface area is 115 Å². The highest BCUT2D eigenvalue weighted by molar-refractivity contribution is 5.96. The third-order valence-electron chi connectivity index (χ3n) is 3.78. The first-order valence-electron chi connectivity index (χ1n) is 7.02. The van der Waals surface area contributed by atoms with Crippen LogP contribution in [0, 0.1) is 5.41 Å². The van der Waals surface area contributed by atoms with Crippen LogP contribution in [0.1, 0.15) is 54.7 Å². The monoisotopic (exact) mass is 260 g/mol. The number of aryl methyl sites for hydroxylation is 1. The van der Waals surface area contributed by atoms with E-state index in [1.165, 1.54) is 11.1 Å².